The predicted molar refractivity (Wildman–Crippen MR) is 86.6 cm³/mol. The van der Waals surface area contributed by atoms with Gasteiger partial charge in [0.05, 0.1) is 6.54 Å². The van der Waals surface area contributed by atoms with Gasteiger partial charge in [0.1, 0.15) is 10.7 Å². The number of hydrogen-bond acceptors (Lipinski definition) is 6. The van der Waals surface area contributed by atoms with Crippen LogP contribution in [0.2, 0.25) is 0 Å². The van der Waals surface area contributed by atoms with Crippen LogP contribution in [-0.2, 0) is 0 Å². The zero-order chi connectivity index (χ0) is 15.2. The Morgan fingerprint density at radius 1 is 1.57 bits per heavy atom. The van der Waals surface area contributed by atoms with E-state index in [1.165, 1.54) is 11.3 Å². The molecule has 1 fully saturated rings. The molecule has 0 unspecified atom stereocenters. The molecule has 7 heteroatoms. The fourth-order valence-electron chi connectivity index (χ4n) is 2.24. The van der Waals surface area contributed by atoms with Gasteiger partial charge in [-0.3, -0.25) is 4.79 Å². The van der Waals surface area contributed by atoms with Crippen LogP contribution in [0.15, 0.2) is 0 Å². The summed E-state index contributed by atoms with van der Waals surface area (Å²) in [5, 5.41) is 4.10. The number of nitrogens with one attached hydrogen (secondary N) is 1. The molecule has 0 radical (unpaired) electrons. The minimum atomic E-state index is -0.119. The van der Waals surface area contributed by atoms with Gasteiger partial charge < -0.3 is 20.9 Å². The molecule has 6 nitrogen and oxygen atoms in total. The zero-order valence-electron chi connectivity index (χ0n) is 12.3. The number of hydrogen-bond donors (Lipinski definition) is 2. The average Bonchev–Trinajstić information content (AvgIpc) is 2.89. The summed E-state index contributed by atoms with van der Waals surface area (Å²) in [5.41, 5.74) is 5.94. The number of rotatable bonds is 5. The van der Waals surface area contributed by atoms with Crippen LogP contribution in [0.3, 0.4) is 0 Å². The summed E-state index contributed by atoms with van der Waals surface area (Å²) in [6, 6.07) is 0. The first-order chi connectivity index (χ1) is 10.2. The first kappa shape index (κ1) is 15.6. The summed E-state index contributed by atoms with van der Waals surface area (Å²) < 4.78 is 0. The van der Waals surface area contributed by atoms with Gasteiger partial charge in [0, 0.05) is 32.7 Å². The maximum absolute atomic E-state index is 12.5. The van der Waals surface area contributed by atoms with E-state index in [1.54, 1.807) is 4.90 Å². The van der Waals surface area contributed by atoms with Gasteiger partial charge in [-0.2, -0.15) is 0 Å². The van der Waals surface area contributed by atoms with E-state index in [9.17, 15) is 4.79 Å². The maximum atomic E-state index is 12.5. The normalized spacial score (nSPS) is 14.8. The van der Waals surface area contributed by atoms with Crippen LogP contribution in [0.4, 0.5) is 10.9 Å². The average molecular weight is 307 g/mol. The van der Waals surface area contributed by atoms with Crippen molar-refractivity contribution in [1.29, 1.82) is 0 Å². The summed E-state index contributed by atoms with van der Waals surface area (Å²) in [7, 11) is 0. The van der Waals surface area contributed by atoms with E-state index in [0.29, 0.717) is 23.8 Å². The molecular formula is C14H21N5OS. The van der Waals surface area contributed by atoms with Gasteiger partial charge >= 0.3 is 0 Å². The predicted octanol–water partition coefficient (Wildman–Crippen LogP) is 0.620. The minimum Gasteiger partial charge on any atom is -0.382 e. The van der Waals surface area contributed by atoms with E-state index >= 15 is 0 Å². The molecule has 1 aromatic rings. The van der Waals surface area contributed by atoms with Gasteiger partial charge in [0.2, 0.25) is 0 Å². The molecular weight excluding hydrogens is 286 g/mol. The van der Waals surface area contributed by atoms with Gasteiger partial charge in [0.15, 0.2) is 5.13 Å². The molecule has 0 aromatic carbocycles. The number of amides is 1. The second kappa shape index (κ2) is 7.29. The molecule has 114 valence electrons. The molecule has 1 saturated heterocycles. The molecule has 0 atom stereocenters. The van der Waals surface area contributed by atoms with E-state index in [1.807, 2.05) is 6.92 Å². The molecule has 0 aliphatic carbocycles. The first-order valence-corrected chi connectivity index (χ1v) is 7.93. The van der Waals surface area contributed by atoms with Crippen LogP contribution in [0, 0.1) is 12.3 Å². The molecule has 3 N–H and O–H groups in total. The van der Waals surface area contributed by atoms with Crippen molar-refractivity contribution < 1.29 is 4.79 Å². The second-order valence-corrected chi connectivity index (χ2v) is 5.86. The van der Waals surface area contributed by atoms with E-state index in [2.05, 4.69) is 21.1 Å². The number of carbonyl (C=O) groups is 1. The molecule has 0 saturated carbocycles. The van der Waals surface area contributed by atoms with Gasteiger partial charge in [-0.25, -0.2) is 4.98 Å². The molecule has 0 spiro atoms. The van der Waals surface area contributed by atoms with E-state index in [4.69, 9.17) is 12.2 Å². The Morgan fingerprint density at radius 2 is 2.29 bits per heavy atom. The van der Waals surface area contributed by atoms with Gasteiger partial charge in [-0.05, 0) is 6.42 Å². The van der Waals surface area contributed by atoms with Crippen molar-refractivity contribution in [2.24, 2.45) is 0 Å². The Labute approximate surface area is 129 Å². The standard InChI is InChI=1S/C14H21N5OS/c1-3-7-18(8-4-2)13(20)11-12(15)17-14(21-11)19-9-5-16-6-10-19/h1,16H,4-10,15H2,2H3. The highest BCUT2D eigenvalue weighted by molar-refractivity contribution is 7.18. The van der Waals surface area contributed by atoms with Crippen molar-refractivity contribution in [1.82, 2.24) is 15.2 Å². The molecule has 2 heterocycles. The lowest BCUT2D eigenvalue weighted by Gasteiger charge is -2.26. The molecule has 1 aliphatic heterocycles. The van der Waals surface area contributed by atoms with Crippen LogP contribution in [0.25, 0.3) is 0 Å². The summed E-state index contributed by atoms with van der Waals surface area (Å²) in [4.78, 5) is 21.2. The van der Waals surface area contributed by atoms with E-state index in [-0.39, 0.29) is 5.91 Å². The smallest absolute Gasteiger partial charge is 0.268 e. The number of aromatic nitrogens is 1. The highest BCUT2D eigenvalue weighted by Crippen LogP contribution is 2.29. The Balaban J connectivity index is 2.17. The lowest BCUT2D eigenvalue weighted by Crippen LogP contribution is -2.43. The topological polar surface area (TPSA) is 74.5 Å². The lowest BCUT2D eigenvalue weighted by atomic mass is 10.3. The van der Waals surface area contributed by atoms with Crippen molar-refractivity contribution in [3.63, 3.8) is 0 Å². The van der Waals surface area contributed by atoms with Crippen molar-refractivity contribution in [2.45, 2.75) is 13.3 Å². The van der Waals surface area contributed by atoms with Crippen LogP contribution < -0.4 is 16.0 Å². The van der Waals surface area contributed by atoms with Crippen LogP contribution in [0.1, 0.15) is 23.0 Å². The summed E-state index contributed by atoms with van der Waals surface area (Å²) >= 11 is 1.36. The number of piperazine rings is 1. The quantitative estimate of drug-likeness (QED) is 0.780. The Bertz CT molecular complexity index is 530. The fourth-order valence-corrected chi connectivity index (χ4v) is 3.25. The third-order valence-electron chi connectivity index (χ3n) is 3.29. The fraction of sp³-hybridized carbons (Fsp3) is 0.571. The van der Waals surface area contributed by atoms with Crippen molar-refractivity contribution in [3.05, 3.63) is 4.88 Å². The number of nitrogens with two attached hydrogens (primary N) is 1. The lowest BCUT2D eigenvalue weighted by molar-refractivity contribution is 0.0782. The third-order valence-corrected chi connectivity index (χ3v) is 4.41. The Morgan fingerprint density at radius 3 is 2.90 bits per heavy atom. The molecule has 1 aromatic heterocycles. The monoisotopic (exact) mass is 307 g/mol. The van der Waals surface area contributed by atoms with Crippen molar-refractivity contribution in [3.8, 4) is 12.3 Å². The van der Waals surface area contributed by atoms with E-state index < -0.39 is 0 Å². The molecule has 1 amide bonds. The first-order valence-electron chi connectivity index (χ1n) is 7.12. The molecule has 1 aliphatic rings. The summed E-state index contributed by atoms with van der Waals surface area (Å²) in [5.74, 6) is 2.71. The Hall–Kier alpha value is -1.78. The van der Waals surface area contributed by atoms with E-state index in [0.717, 1.165) is 37.7 Å². The zero-order valence-corrected chi connectivity index (χ0v) is 13.1. The largest absolute Gasteiger partial charge is 0.382 e. The highest BCUT2D eigenvalue weighted by Gasteiger charge is 2.23. The minimum absolute atomic E-state index is 0.119. The second-order valence-electron chi connectivity index (χ2n) is 4.88. The number of anilines is 2. The third kappa shape index (κ3) is 3.65. The molecule has 21 heavy (non-hydrogen) atoms. The SMILES string of the molecule is C#CCN(CCC)C(=O)c1sc(N2CCNCC2)nc1N. The van der Waals surface area contributed by atoms with Gasteiger partial charge in [-0.1, -0.05) is 24.2 Å². The number of nitrogen functional groups attached to an aromatic ring is 1. The van der Waals surface area contributed by atoms with Crippen molar-refractivity contribution in [2.75, 3.05) is 49.9 Å². The number of thiazole rings is 1. The number of carbonyl (C=O) groups excluding carboxylic acids is 1. The molecule has 0 bridgehead atoms. The maximum Gasteiger partial charge on any atom is 0.268 e. The number of terminal acetylenes is 1. The Kier molecular flexibility index (Phi) is 5.42. The highest BCUT2D eigenvalue weighted by atomic mass is 32.1. The van der Waals surface area contributed by atoms with Crippen LogP contribution in [0.5, 0.6) is 0 Å². The van der Waals surface area contributed by atoms with Crippen molar-refractivity contribution >= 4 is 28.2 Å². The van der Waals surface area contributed by atoms with Gasteiger partial charge in [-0.15, -0.1) is 6.42 Å². The number of nitrogens with zero attached hydrogens (tertiary/aromatic N) is 3. The molecule has 2 rings (SSSR count). The summed E-state index contributed by atoms with van der Waals surface area (Å²) in [6.07, 6.45) is 6.19. The van der Waals surface area contributed by atoms with Crippen LogP contribution >= 0.6 is 11.3 Å². The summed E-state index contributed by atoms with van der Waals surface area (Å²) in [6.45, 7) is 6.53. The van der Waals surface area contributed by atoms with Gasteiger partial charge in [0.25, 0.3) is 5.91 Å². The van der Waals surface area contributed by atoms with Crippen LogP contribution in [-0.4, -0.2) is 55.1 Å².